The van der Waals surface area contributed by atoms with Crippen LogP contribution in [0.3, 0.4) is 0 Å². The van der Waals surface area contributed by atoms with E-state index in [1.807, 2.05) is 57.4 Å². The van der Waals surface area contributed by atoms with E-state index in [1.54, 1.807) is 19.2 Å². The summed E-state index contributed by atoms with van der Waals surface area (Å²) in [6.07, 6.45) is -1.20. The molecule has 1 N–H and O–H groups in total. The van der Waals surface area contributed by atoms with Crippen LogP contribution in [0.4, 0.5) is 19.1 Å². The van der Waals surface area contributed by atoms with Crippen molar-refractivity contribution in [2.75, 3.05) is 11.5 Å². The van der Waals surface area contributed by atoms with Crippen molar-refractivity contribution in [3.8, 4) is 0 Å². The first-order valence-electron chi connectivity index (χ1n) is 10.1. The van der Waals surface area contributed by atoms with Crippen LogP contribution in [0.2, 0.25) is 0 Å². The van der Waals surface area contributed by atoms with Crippen LogP contribution in [0.5, 0.6) is 0 Å². The van der Waals surface area contributed by atoms with Gasteiger partial charge in [0.05, 0.1) is 32.7 Å². The second-order valence-electron chi connectivity index (χ2n) is 7.65. The van der Waals surface area contributed by atoms with Crippen LogP contribution in [0.1, 0.15) is 12.7 Å². The highest BCUT2D eigenvalue weighted by Crippen LogP contribution is 2.47. The second kappa shape index (κ2) is 7.17. The predicted octanol–water partition coefficient (Wildman–Crippen LogP) is 5.98. The van der Waals surface area contributed by atoms with Gasteiger partial charge in [0.15, 0.2) is 6.61 Å². The van der Waals surface area contributed by atoms with E-state index in [-0.39, 0.29) is 5.76 Å². The number of allylic oxidation sites excluding steroid dienone is 2. The summed E-state index contributed by atoms with van der Waals surface area (Å²) in [4.78, 5) is 15.5. The number of anilines is 1. The molecule has 0 spiro atoms. The van der Waals surface area contributed by atoms with Gasteiger partial charge in [0.1, 0.15) is 11.6 Å². The quantitative estimate of drug-likeness (QED) is 0.402. The monoisotopic (exact) mass is 467 g/mol. The largest absolute Gasteiger partial charge is 0.484 e. The highest BCUT2D eigenvalue weighted by Gasteiger charge is 2.35. The van der Waals surface area contributed by atoms with Crippen LogP contribution < -0.4 is 4.90 Å². The normalized spacial score (nSPS) is 16.1. The minimum absolute atomic E-state index is 0.164. The maximum absolute atomic E-state index is 12.8. The van der Waals surface area contributed by atoms with Crippen molar-refractivity contribution in [1.82, 2.24) is 18.9 Å². The lowest BCUT2D eigenvalue weighted by atomic mass is 10.1. The number of alkyl halides is 3. The van der Waals surface area contributed by atoms with Crippen LogP contribution in [0, 0.1) is 0 Å². The van der Waals surface area contributed by atoms with Crippen molar-refractivity contribution in [1.29, 1.82) is 0 Å². The number of hydrogen-bond donors (Lipinski definition) is 1. The maximum atomic E-state index is 12.8. The van der Waals surface area contributed by atoms with Crippen molar-refractivity contribution in [2.45, 2.75) is 13.1 Å². The smallest absolute Gasteiger partial charge is 0.422 e. The summed E-state index contributed by atoms with van der Waals surface area (Å²) in [5.41, 5.74) is 4.68. The molecular formula is C23H16F3N5OS. The Morgan fingerprint density at radius 1 is 1.03 bits per heavy atom. The highest BCUT2D eigenvalue weighted by atomic mass is 32.2. The third-order valence-corrected chi connectivity index (χ3v) is 6.56. The highest BCUT2D eigenvalue weighted by molar-refractivity contribution is 8.07. The van der Waals surface area contributed by atoms with Crippen molar-refractivity contribution in [2.24, 2.45) is 0 Å². The number of nitrogens with zero attached hydrogens (tertiary/aromatic N) is 4. The number of benzene rings is 2. The number of nitrogens with one attached hydrogen (secondary N) is 1. The molecule has 0 saturated heterocycles. The molecule has 0 saturated carbocycles. The average molecular weight is 467 g/mol. The van der Waals surface area contributed by atoms with E-state index in [1.165, 1.54) is 11.9 Å². The SMILES string of the molecule is CC1=C(OCC(F)(F)F)C=CN2C1=C(c1nc3ccccc3[nH]1)Sn1c2nc2ccccc21. The molecule has 2 aromatic heterocycles. The van der Waals surface area contributed by atoms with E-state index in [0.29, 0.717) is 23.0 Å². The third-order valence-electron chi connectivity index (χ3n) is 5.45. The number of H-pyrrole nitrogens is 1. The molecule has 4 heterocycles. The summed E-state index contributed by atoms with van der Waals surface area (Å²) in [7, 11) is 0. The van der Waals surface area contributed by atoms with Crippen LogP contribution >= 0.6 is 11.9 Å². The Hall–Kier alpha value is -3.66. The second-order valence-corrected chi connectivity index (χ2v) is 8.60. The maximum Gasteiger partial charge on any atom is 0.422 e. The molecule has 166 valence electrons. The van der Waals surface area contributed by atoms with E-state index < -0.39 is 12.8 Å². The number of fused-ring (bicyclic) bond motifs is 6. The Bertz CT molecular complexity index is 1480. The Kier molecular flexibility index (Phi) is 4.34. The van der Waals surface area contributed by atoms with Crippen LogP contribution in [0.25, 0.3) is 27.0 Å². The first kappa shape index (κ1) is 20.0. The van der Waals surface area contributed by atoms with Crippen molar-refractivity contribution in [3.05, 3.63) is 83.7 Å². The fraction of sp³-hybridized carbons (Fsp3) is 0.130. The van der Waals surface area contributed by atoms with Gasteiger partial charge >= 0.3 is 6.18 Å². The fourth-order valence-electron chi connectivity index (χ4n) is 3.98. The Morgan fingerprint density at radius 2 is 1.79 bits per heavy atom. The third kappa shape index (κ3) is 3.29. The Labute approximate surface area is 190 Å². The lowest BCUT2D eigenvalue weighted by molar-refractivity contribution is -0.164. The first-order valence-corrected chi connectivity index (χ1v) is 10.9. The van der Waals surface area contributed by atoms with Gasteiger partial charge in [-0.2, -0.15) is 13.2 Å². The number of aromatic nitrogens is 4. The zero-order chi connectivity index (χ0) is 22.7. The topological polar surface area (TPSA) is 59.0 Å². The molecule has 0 unspecified atom stereocenters. The molecule has 0 fully saturated rings. The number of imidazole rings is 2. The standard InChI is InChI=1S/C23H16F3N5OS/c1-13-18(32-12-23(24,25)26)10-11-30-19(13)20(21-27-14-6-2-3-7-15(14)28-21)33-31-17-9-5-4-8-16(17)29-22(30)31/h2-11H,12H2,1H3,(H,27,28). The molecule has 2 aliphatic rings. The first-order chi connectivity index (χ1) is 15.9. The van der Waals surface area contributed by atoms with Gasteiger partial charge < -0.3 is 9.72 Å². The number of rotatable bonds is 3. The molecule has 0 amide bonds. The summed E-state index contributed by atoms with van der Waals surface area (Å²) in [6, 6.07) is 15.4. The molecule has 4 aromatic rings. The number of ether oxygens (including phenoxy) is 1. The Morgan fingerprint density at radius 3 is 2.58 bits per heavy atom. The minimum Gasteiger partial charge on any atom is -0.484 e. The number of para-hydroxylation sites is 4. The van der Waals surface area contributed by atoms with Crippen LogP contribution in [0.15, 0.2) is 77.8 Å². The molecule has 0 atom stereocenters. The molecular weight excluding hydrogens is 451 g/mol. The fourth-order valence-corrected chi connectivity index (χ4v) is 5.15. The van der Waals surface area contributed by atoms with Crippen LogP contribution in [-0.2, 0) is 4.74 Å². The summed E-state index contributed by atoms with van der Waals surface area (Å²) >= 11 is 1.43. The van der Waals surface area contributed by atoms with Gasteiger partial charge in [-0.05, 0) is 37.3 Å². The number of aromatic amines is 1. The Balaban J connectivity index is 1.55. The summed E-state index contributed by atoms with van der Waals surface area (Å²) < 4.78 is 45.6. The lowest BCUT2D eigenvalue weighted by Crippen LogP contribution is -2.28. The number of hydrogen-bond acceptors (Lipinski definition) is 5. The molecule has 33 heavy (non-hydrogen) atoms. The van der Waals surface area contributed by atoms with Gasteiger partial charge in [-0.25, -0.2) is 13.9 Å². The molecule has 6 nitrogen and oxygen atoms in total. The lowest BCUT2D eigenvalue weighted by Gasteiger charge is -2.33. The van der Waals surface area contributed by atoms with E-state index >= 15 is 0 Å². The van der Waals surface area contributed by atoms with Crippen molar-refractivity contribution >= 4 is 44.9 Å². The predicted molar refractivity (Wildman–Crippen MR) is 122 cm³/mol. The van der Waals surface area contributed by atoms with E-state index in [2.05, 4.69) is 4.98 Å². The van der Waals surface area contributed by atoms with Gasteiger partial charge in [-0.3, -0.25) is 4.90 Å². The molecule has 2 aliphatic heterocycles. The molecule has 10 heteroatoms. The van der Waals surface area contributed by atoms with Crippen LogP contribution in [-0.4, -0.2) is 31.7 Å². The summed E-state index contributed by atoms with van der Waals surface area (Å²) in [6.45, 7) is 0.391. The molecule has 6 rings (SSSR count). The molecule has 0 radical (unpaired) electrons. The van der Waals surface area contributed by atoms with E-state index in [0.717, 1.165) is 27.0 Å². The van der Waals surface area contributed by atoms with Gasteiger partial charge in [0.2, 0.25) is 5.95 Å². The molecule has 0 aliphatic carbocycles. The van der Waals surface area contributed by atoms with E-state index in [4.69, 9.17) is 14.7 Å². The number of halogens is 3. The van der Waals surface area contributed by atoms with Gasteiger partial charge in [0.25, 0.3) is 0 Å². The van der Waals surface area contributed by atoms with Crippen molar-refractivity contribution in [3.63, 3.8) is 0 Å². The summed E-state index contributed by atoms with van der Waals surface area (Å²) in [5.74, 6) is 1.44. The van der Waals surface area contributed by atoms with Crippen molar-refractivity contribution < 1.29 is 17.9 Å². The van der Waals surface area contributed by atoms with Gasteiger partial charge in [-0.1, -0.05) is 24.3 Å². The zero-order valence-electron chi connectivity index (χ0n) is 17.2. The van der Waals surface area contributed by atoms with E-state index in [9.17, 15) is 13.2 Å². The zero-order valence-corrected chi connectivity index (χ0v) is 18.0. The summed E-state index contributed by atoms with van der Waals surface area (Å²) in [5, 5.41) is 0. The van der Waals surface area contributed by atoms with Gasteiger partial charge in [0, 0.05) is 23.7 Å². The molecule has 0 bridgehead atoms. The average Bonchev–Trinajstić information content (AvgIpc) is 3.39. The minimum atomic E-state index is -4.43. The van der Waals surface area contributed by atoms with Gasteiger partial charge in [-0.15, -0.1) is 0 Å². The molecule has 2 aromatic carbocycles.